The molecular weight excluding hydrogens is 414 g/mol. The number of aliphatic hydroxyl groups excluding tert-OH is 1. The number of unbranched alkanes of at least 4 members (excludes halogenated alkanes) is 1. The number of carbonyl (C=O) groups excluding carboxylic acids is 1. The number of hydrogen-bond acceptors (Lipinski definition) is 5. The van der Waals surface area contributed by atoms with Gasteiger partial charge in [0, 0.05) is 24.0 Å². The van der Waals surface area contributed by atoms with Gasteiger partial charge in [0.25, 0.3) is 0 Å². The summed E-state index contributed by atoms with van der Waals surface area (Å²) in [5, 5.41) is 14.6. The minimum absolute atomic E-state index is 0.143. The first-order chi connectivity index (χ1) is 15.0. The van der Waals surface area contributed by atoms with E-state index in [0.717, 1.165) is 43.4 Å². The van der Waals surface area contributed by atoms with Crippen molar-refractivity contribution in [2.45, 2.75) is 57.6 Å². The number of benzene rings is 2. The molecule has 2 N–H and O–H groups in total. The summed E-state index contributed by atoms with van der Waals surface area (Å²) in [6, 6.07) is 14.0. The Hall–Kier alpha value is -2.08. The third-order valence-corrected chi connectivity index (χ3v) is 5.82. The van der Waals surface area contributed by atoms with E-state index in [1.54, 1.807) is 6.07 Å². The fraction of sp³-hybridized carbons (Fsp3) is 0.480. The molecule has 0 bridgehead atoms. The van der Waals surface area contributed by atoms with Gasteiger partial charge in [-0.25, -0.2) is 0 Å². The number of halogens is 1. The molecule has 3 rings (SSSR count). The molecule has 2 unspecified atom stereocenters. The van der Waals surface area contributed by atoms with Crippen LogP contribution in [0.4, 0.5) is 0 Å². The number of ether oxygens (including phenoxy) is 2. The predicted molar refractivity (Wildman–Crippen MR) is 123 cm³/mol. The molecule has 0 saturated heterocycles. The number of fused-ring (bicyclic) bond motifs is 1. The van der Waals surface area contributed by atoms with Crippen LogP contribution in [0.25, 0.3) is 0 Å². The van der Waals surface area contributed by atoms with Crippen molar-refractivity contribution in [3.05, 3.63) is 64.2 Å². The van der Waals surface area contributed by atoms with Gasteiger partial charge in [-0.3, -0.25) is 4.79 Å². The van der Waals surface area contributed by atoms with Crippen molar-refractivity contribution in [3.63, 3.8) is 0 Å². The van der Waals surface area contributed by atoms with Gasteiger partial charge in [-0.2, -0.15) is 0 Å². The van der Waals surface area contributed by atoms with Gasteiger partial charge in [0.05, 0.1) is 19.3 Å². The highest BCUT2D eigenvalue weighted by Gasteiger charge is 2.20. The topological polar surface area (TPSA) is 67.8 Å². The Balaban J connectivity index is 1.44. The summed E-state index contributed by atoms with van der Waals surface area (Å²) in [5.74, 6) is 0.727. The predicted octanol–water partition coefficient (Wildman–Crippen LogP) is 4.63. The zero-order valence-electron chi connectivity index (χ0n) is 18.1. The van der Waals surface area contributed by atoms with Crippen molar-refractivity contribution in [3.8, 4) is 5.75 Å². The van der Waals surface area contributed by atoms with Gasteiger partial charge in [0.1, 0.15) is 5.75 Å². The molecule has 168 valence electrons. The lowest BCUT2D eigenvalue weighted by Gasteiger charge is -2.27. The van der Waals surface area contributed by atoms with Gasteiger partial charge in [0.15, 0.2) is 0 Å². The number of esters is 1. The molecule has 0 radical (unpaired) electrons. The molecule has 5 nitrogen and oxygen atoms in total. The van der Waals surface area contributed by atoms with Gasteiger partial charge in [-0.1, -0.05) is 29.8 Å². The van der Waals surface area contributed by atoms with Gasteiger partial charge in [-0.15, -0.1) is 0 Å². The summed E-state index contributed by atoms with van der Waals surface area (Å²) in [4.78, 5) is 11.4. The first kappa shape index (κ1) is 23.6. The fourth-order valence-electron chi connectivity index (χ4n) is 3.90. The average Bonchev–Trinajstić information content (AvgIpc) is 2.77. The Bertz CT molecular complexity index is 857. The normalized spacial score (nSPS) is 16.4. The number of aliphatic hydroxyl groups is 1. The van der Waals surface area contributed by atoms with Crippen molar-refractivity contribution in [2.75, 3.05) is 19.8 Å². The van der Waals surface area contributed by atoms with Crippen LogP contribution in [0.5, 0.6) is 5.75 Å². The van der Waals surface area contributed by atoms with E-state index in [2.05, 4.69) is 17.4 Å². The van der Waals surface area contributed by atoms with Gasteiger partial charge >= 0.3 is 5.97 Å². The van der Waals surface area contributed by atoms with Crippen LogP contribution >= 0.6 is 11.6 Å². The fourth-order valence-corrected chi connectivity index (χ4v) is 4.10. The first-order valence-electron chi connectivity index (χ1n) is 11.1. The van der Waals surface area contributed by atoms with E-state index in [-0.39, 0.29) is 5.97 Å². The third kappa shape index (κ3) is 7.53. The third-order valence-electron chi connectivity index (χ3n) is 5.59. The van der Waals surface area contributed by atoms with E-state index in [9.17, 15) is 9.90 Å². The highest BCUT2D eigenvalue weighted by atomic mass is 35.5. The molecule has 0 aromatic heterocycles. The van der Waals surface area contributed by atoms with Crippen LogP contribution in [0.15, 0.2) is 42.5 Å². The van der Waals surface area contributed by atoms with Gasteiger partial charge in [0.2, 0.25) is 0 Å². The van der Waals surface area contributed by atoms with E-state index >= 15 is 0 Å². The maximum Gasteiger partial charge on any atom is 0.305 e. The molecular formula is C25H32ClNO4. The van der Waals surface area contributed by atoms with E-state index in [1.165, 1.54) is 11.1 Å². The van der Waals surface area contributed by atoms with E-state index in [0.29, 0.717) is 37.2 Å². The molecule has 2 atom stereocenters. The maximum atomic E-state index is 11.4. The van der Waals surface area contributed by atoms with Crippen LogP contribution in [-0.2, 0) is 22.4 Å². The van der Waals surface area contributed by atoms with Crippen molar-refractivity contribution in [1.29, 1.82) is 0 Å². The molecule has 0 heterocycles. The number of aryl methyl sites for hydroxylation is 1. The molecule has 0 aliphatic heterocycles. The lowest BCUT2D eigenvalue weighted by Crippen LogP contribution is -2.37. The van der Waals surface area contributed by atoms with Gasteiger partial charge in [-0.05, 0) is 80.0 Å². The van der Waals surface area contributed by atoms with Crippen LogP contribution in [0, 0.1) is 0 Å². The Labute approximate surface area is 189 Å². The number of nitrogens with one attached hydrogen (secondary N) is 1. The van der Waals surface area contributed by atoms with E-state index in [4.69, 9.17) is 21.1 Å². The zero-order chi connectivity index (χ0) is 22.1. The minimum atomic E-state index is -0.579. The molecule has 0 saturated carbocycles. The Morgan fingerprint density at radius 3 is 2.90 bits per heavy atom. The van der Waals surface area contributed by atoms with Crippen molar-refractivity contribution < 1.29 is 19.4 Å². The Morgan fingerprint density at radius 2 is 2.10 bits per heavy atom. The average molecular weight is 446 g/mol. The molecule has 31 heavy (non-hydrogen) atoms. The van der Waals surface area contributed by atoms with Gasteiger partial charge < -0.3 is 19.9 Å². The van der Waals surface area contributed by atoms with Crippen LogP contribution < -0.4 is 10.1 Å². The summed E-state index contributed by atoms with van der Waals surface area (Å²) >= 11 is 6.03. The smallest absolute Gasteiger partial charge is 0.305 e. The Morgan fingerprint density at radius 1 is 1.23 bits per heavy atom. The molecule has 6 heteroatoms. The molecule has 2 aromatic carbocycles. The number of carbonyl (C=O) groups is 1. The molecule has 1 aliphatic rings. The summed E-state index contributed by atoms with van der Waals surface area (Å²) in [6.07, 6.45) is 4.42. The first-order valence-corrected chi connectivity index (χ1v) is 11.5. The van der Waals surface area contributed by atoms with E-state index in [1.807, 2.05) is 31.2 Å². The van der Waals surface area contributed by atoms with E-state index < -0.39 is 6.10 Å². The Kier molecular flexibility index (Phi) is 9.19. The second-order valence-corrected chi connectivity index (χ2v) is 8.40. The van der Waals surface area contributed by atoms with Crippen LogP contribution in [-0.4, -0.2) is 36.9 Å². The molecule has 0 spiro atoms. The van der Waals surface area contributed by atoms with Crippen LogP contribution in [0.3, 0.4) is 0 Å². The lowest BCUT2D eigenvalue weighted by molar-refractivity contribution is -0.143. The number of hydrogen-bond donors (Lipinski definition) is 2. The summed E-state index contributed by atoms with van der Waals surface area (Å²) in [7, 11) is 0. The molecule has 0 fully saturated rings. The number of rotatable bonds is 11. The summed E-state index contributed by atoms with van der Waals surface area (Å²) in [5.41, 5.74) is 3.49. The SMILES string of the molecule is CCOC(=O)CCCCOc1ccc2c(c1)CC(NCC(O)c1cccc(Cl)c1)CC2. The second-order valence-electron chi connectivity index (χ2n) is 7.96. The minimum Gasteiger partial charge on any atom is -0.494 e. The molecule has 2 aromatic rings. The van der Waals surface area contributed by atoms with Crippen molar-refractivity contribution in [1.82, 2.24) is 5.32 Å². The second kappa shape index (κ2) is 12.1. The largest absolute Gasteiger partial charge is 0.494 e. The monoisotopic (exact) mass is 445 g/mol. The summed E-state index contributed by atoms with van der Waals surface area (Å²) in [6.45, 7) is 3.33. The summed E-state index contributed by atoms with van der Waals surface area (Å²) < 4.78 is 10.8. The quantitative estimate of drug-likeness (QED) is 0.390. The molecule has 1 aliphatic carbocycles. The molecule has 0 amide bonds. The van der Waals surface area contributed by atoms with Crippen LogP contribution in [0.2, 0.25) is 5.02 Å². The highest BCUT2D eigenvalue weighted by molar-refractivity contribution is 6.30. The van der Waals surface area contributed by atoms with Crippen molar-refractivity contribution >= 4 is 17.6 Å². The highest BCUT2D eigenvalue weighted by Crippen LogP contribution is 2.26. The lowest BCUT2D eigenvalue weighted by atomic mass is 9.88. The maximum absolute atomic E-state index is 11.4. The standard InChI is InChI=1S/C25H32ClNO4/c1-2-30-25(29)8-3-4-13-31-23-12-10-18-9-11-22(15-20(18)16-23)27-17-24(28)19-6-5-7-21(26)14-19/h5-7,10,12,14,16,22,24,27-28H,2-4,8-9,11,13,15,17H2,1H3. The van der Waals surface area contributed by atoms with Crippen LogP contribution in [0.1, 0.15) is 55.4 Å². The van der Waals surface area contributed by atoms with Crippen molar-refractivity contribution in [2.24, 2.45) is 0 Å². The zero-order valence-corrected chi connectivity index (χ0v) is 18.9.